The monoisotopic (exact) mass is 510 g/mol. The zero-order valence-electron chi connectivity index (χ0n) is 17.9. The number of halogens is 5. The van der Waals surface area contributed by atoms with E-state index in [1.807, 2.05) is 13.0 Å². The largest absolute Gasteiger partial charge is 0.490 e. The van der Waals surface area contributed by atoms with E-state index in [-0.39, 0.29) is 37.2 Å². The second-order valence-corrected chi connectivity index (χ2v) is 7.96. The highest BCUT2D eigenvalue weighted by atomic mass is 35.5. The van der Waals surface area contributed by atoms with Gasteiger partial charge in [0.25, 0.3) is 0 Å². The Kier molecular flexibility index (Phi) is 9.36. The first-order valence-electron chi connectivity index (χ1n) is 10.0. The molecule has 188 valence electrons. The molecule has 1 aromatic carbocycles. The fourth-order valence-corrected chi connectivity index (χ4v) is 3.51. The number of carbonyl (C=O) groups excluding carboxylic acids is 1. The lowest BCUT2D eigenvalue weighted by atomic mass is 9.95. The van der Waals surface area contributed by atoms with Crippen LogP contribution in [-0.2, 0) is 9.59 Å². The number of likely N-dealkylation sites (tertiary alicyclic amines) is 1. The molecule has 2 aromatic rings. The molecule has 3 rings (SSSR count). The van der Waals surface area contributed by atoms with Gasteiger partial charge in [-0.05, 0) is 37.5 Å². The van der Waals surface area contributed by atoms with E-state index in [2.05, 4.69) is 10.1 Å². The summed E-state index contributed by atoms with van der Waals surface area (Å²) in [7, 11) is 0. The maximum absolute atomic E-state index is 13.4. The molecule has 1 fully saturated rings. The number of aryl methyl sites for hydroxylation is 1. The number of nitrogens with two attached hydrogens (primary N) is 1. The van der Waals surface area contributed by atoms with Crippen molar-refractivity contribution in [1.82, 2.24) is 15.0 Å². The fraction of sp³-hybridized carbons (Fsp3) is 0.500. The van der Waals surface area contributed by atoms with Gasteiger partial charge in [-0.1, -0.05) is 22.8 Å². The molecular weight excluding hydrogens is 488 g/mol. The molecule has 0 spiro atoms. The van der Waals surface area contributed by atoms with E-state index in [1.54, 1.807) is 12.1 Å². The van der Waals surface area contributed by atoms with E-state index < -0.39 is 30.3 Å². The lowest BCUT2D eigenvalue weighted by molar-refractivity contribution is -0.192. The Hall–Kier alpha value is -2.77. The zero-order chi connectivity index (χ0) is 25.6. The van der Waals surface area contributed by atoms with Crippen molar-refractivity contribution in [2.75, 3.05) is 19.7 Å². The minimum absolute atomic E-state index is 0.0342. The van der Waals surface area contributed by atoms with Gasteiger partial charge in [0.05, 0.1) is 23.5 Å². The number of hydrogen-bond acceptors (Lipinski definition) is 7. The number of amides is 1. The third-order valence-electron chi connectivity index (χ3n) is 4.97. The normalized spacial score (nSPS) is 17.6. The summed E-state index contributed by atoms with van der Waals surface area (Å²) in [6.45, 7) is 2.07. The van der Waals surface area contributed by atoms with E-state index in [4.69, 9.17) is 31.8 Å². The molecule has 14 heteroatoms. The Labute approximate surface area is 196 Å². The van der Waals surface area contributed by atoms with Crippen LogP contribution in [0.15, 0.2) is 22.7 Å². The van der Waals surface area contributed by atoms with Gasteiger partial charge in [0.1, 0.15) is 6.17 Å². The van der Waals surface area contributed by atoms with Crippen molar-refractivity contribution in [1.29, 1.82) is 0 Å². The molecular formula is C20H23ClF4N4O5. The molecule has 0 unspecified atom stereocenters. The Morgan fingerprint density at radius 3 is 2.53 bits per heavy atom. The number of carboxylic acids is 1. The van der Waals surface area contributed by atoms with Crippen LogP contribution in [0.1, 0.15) is 30.2 Å². The fourth-order valence-electron chi connectivity index (χ4n) is 3.19. The highest BCUT2D eigenvalue weighted by Crippen LogP contribution is 2.30. The summed E-state index contributed by atoms with van der Waals surface area (Å²) in [4.78, 5) is 27.2. The van der Waals surface area contributed by atoms with Crippen molar-refractivity contribution in [2.45, 2.75) is 44.1 Å². The van der Waals surface area contributed by atoms with Crippen LogP contribution in [0.5, 0.6) is 0 Å². The molecule has 3 atom stereocenters. The van der Waals surface area contributed by atoms with E-state index in [0.29, 0.717) is 23.6 Å². The molecule has 0 bridgehead atoms. The highest BCUT2D eigenvalue weighted by molar-refractivity contribution is 6.33. The molecule has 1 saturated heterocycles. The molecule has 34 heavy (non-hydrogen) atoms. The molecule has 1 amide bonds. The first kappa shape index (κ1) is 27.5. The van der Waals surface area contributed by atoms with Gasteiger partial charge in [-0.25, -0.2) is 9.18 Å². The summed E-state index contributed by atoms with van der Waals surface area (Å²) >= 11 is 6.24. The molecule has 0 saturated carbocycles. The number of aliphatic carboxylic acids is 1. The summed E-state index contributed by atoms with van der Waals surface area (Å²) in [5, 5.41) is 20.9. The topological polar surface area (TPSA) is 143 Å². The number of rotatable bonds is 6. The minimum atomic E-state index is -5.08. The van der Waals surface area contributed by atoms with Gasteiger partial charge >= 0.3 is 12.1 Å². The predicted molar refractivity (Wildman–Crippen MR) is 112 cm³/mol. The van der Waals surface area contributed by atoms with Crippen LogP contribution in [0.4, 0.5) is 17.6 Å². The summed E-state index contributed by atoms with van der Waals surface area (Å²) in [5.74, 6) is -3.39. The lowest BCUT2D eigenvalue weighted by Gasteiger charge is -2.24. The van der Waals surface area contributed by atoms with Gasteiger partial charge in [0.15, 0.2) is 0 Å². The van der Waals surface area contributed by atoms with Crippen LogP contribution in [0.25, 0.3) is 11.4 Å². The molecule has 1 aliphatic heterocycles. The summed E-state index contributed by atoms with van der Waals surface area (Å²) in [5.41, 5.74) is 7.72. The van der Waals surface area contributed by atoms with Crippen molar-refractivity contribution in [3.63, 3.8) is 0 Å². The van der Waals surface area contributed by atoms with E-state index in [1.165, 1.54) is 4.90 Å². The average Bonchev–Trinajstić information content (AvgIpc) is 3.40. The first-order valence-corrected chi connectivity index (χ1v) is 10.4. The Morgan fingerprint density at radius 1 is 1.38 bits per heavy atom. The predicted octanol–water partition coefficient (Wildman–Crippen LogP) is 2.70. The van der Waals surface area contributed by atoms with Gasteiger partial charge in [-0.2, -0.15) is 18.2 Å². The van der Waals surface area contributed by atoms with Crippen molar-refractivity contribution >= 4 is 23.5 Å². The number of benzene rings is 1. The Balaban J connectivity index is 0.000000509. The third kappa shape index (κ3) is 7.11. The Bertz CT molecular complexity index is 1000. The average molecular weight is 511 g/mol. The first-order chi connectivity index (χ1) is 15.8. The maximum atomic E-state index is 13.4. The second-order valence-electron chi connectivity index (χ2n) is 7.56. The molecule has 1 aliphatic rings. The molecule has 2 heterocycles. The standard InChI is InChI=1S/C18H22ClFN4O3.C2HF3O2/c1-10-2-3-12(14(19)8-10)16-22-17(27-23-16)13(5-7-25)15(21)18(26)24-6-4-11(20)9-24;3-2(4,5)1(6)7/h2-3,8,11,13,15,25H,4-7,9,21H2,1H3;(H,6,7)/t11-,13-,15-;/m0./s1. The second kappa shape index (κ2) is 11.6. The number of aliphatic hydroxyl groups excluding tert-OH is 1. The van der Waals surface area contributed by atoms with Crippen molar-refractivity contribution in [3.05, 3.63) is 34.7 Å². The number of carboxylic acid groups (broad SMARTS) is 1. The number of nitrogens with zero attached hydrogens (tertiary/aromatic N) is 3. The Morgan fingerprint density at radius 2 is 2.03 bits per heavy atom. The van der Waals surface area contributed by atoms with Crippen LogP contribution in [0.2, 0.25) is 5.02 Å². The van der Waals surface area contributed by atoms with Crippen LogP contribution in [0.3, 0.4) is 0 Å². The van der Waals surface area contributed by atoms with Crippen LogP contribution >= 0.6 is 11.6 Å². The summed E-state index contributed by atoms with van der Waals surface area (Å²) in [6, 6.07) is 4.43. The molecule has 0 aliphatic carbocycles. The van der Waals surface area contributed by atoms with Crippen LogP contribution in [0, 0.1) is 6.92 Å². The number of alkyl halides is 4. The van der Waals surface area contributed by atoms with Gasteiger partial charge < -0.3 is 25.4 Å². The minimum Gasteiger partial charge on any atom is -0.475 e. The van der Waals surface area contributed by atoms with Gasteiger partial charge in [0.2, 0.25) is 17.6 Å². The van der Waals surface area contributed by atoms with Crippen molar-refractivity contribution in [3.8, 4) is 11.4 Å². The van der Waals surface area contributed by atoms with Crippen LogP contribution < -0.4 is 5.73 Å². The van der Waals surface area contributed by atoms with Crippen LogP contribution in [-0.4, -0.2) is 75.2 Å². The molecule has 4 N–H and O–H groups in total. The smallest absolute Gasteiger partial charge is 0.475 e. The van der Waals surface area contributed by atoms with Gasteiger partial charge in [0, 0.05) is 18.7 Å². The SMILES string of the molecule is Cc1ccc(-c2noc([C@@H](CCO)[C@H](N)C(=O)N3CC[C@H](F)C3)n2)c(Cl)c1.O=C(O)C(F)(F)F. The van der Waals surface area contributed by atoms with Crippen molar-refractivity contribution < 1.29 is 41.9 Å². The van der Waals surface area contributed by atoms with Gasteiger partial charge in [-0.3, -0.25) is 4.79 Å². The number of aromatic nitrogens is 2. The number of hydrogen-bond donors (Lipinski definition) is 3. The lowest BCUT2D eigenvalue weighted by Crippen LogP contribution is -2.46. The zero-order valence-corrected chi connectivity index (χ0v) is 18.7. The maximum Gasteiger partial charge on any atom is 0.490 e. The third-order valence-corrected chi connectivity index (χ3v) is 5.28. The van der Waals surface area contributed by atoms with E-state index in [0.717, 1.165) is 5.56 Å². The van der Waals surface area contributed by atoms with Crippen molar-refractivity contribution in [2.24, 2.45) is 5.73 Å². The van der Waals surface area contributed by atoms with E-state index >= 15 is 0 Å². The highest BCUT2D eigenvalue weighted by Gasteiger charge is 2.38. The van der Waals surface area contributed by atoms with Gasteiger partial charge in [-0.15, -0.1) is 0 Å². The van der Waals surface area contributed by atoms with E-state index in [9.17, 15) is 27.5 Å². The quantitative estimate of drug-likeness (QED) is 0.503. The summed E-state index contributed by atoms with van der Waals surface area (Å²) in [6.07, 6.45) is -5.64. The number of carbonyl (C=O) groups is 2. The number of aliphatic hydroxyl groups is 1. The summed E-state index contributed by atoms with van der Waals surface area (Å²) < 4.78 is 50.5. The molecule has 9 nitrogen and oxygen atoms in total. The molecule has 0 radical (unpaired) electrons. The molecule has 1 aromatic heterocycles.